The van der Waals surface area contributed by atoms with E-state index < -0.39 is 0 Å². The Morgan fingerprint density at radius 2 is 2.17 bits per heavy atom. The Hall–Kier alpha value is -2.23. The van der Waals surface area contributed by atoms with Crippen molar-refractivity contribution in [2.24, 2.45) is 0 Å². The molecule has 4 heteroatoms. The minimum absolute atomic E-state index is 0.0860. The van der Waals surface area contributed by atoms with E-state index in [4.69, 9.17) is 0 Å². The molecule has 2 heterocycles. The Labute approximate surface area is 104 Å². The van der Waals surface area contributed by atoms with E-state index in [0.29, 0.717) is 11.1 Å². The van der Waals surface area contributed by atoms with Gasteiger partial charge in [0.25, 0.3) is 0 Å². The molecule has 18 heavy (non-hydrogen) atoms. The summed E-state index contributed by atoms with van der Waals surface area (Å²) in [6.07, 6.45) is 6.88. The zero-order valence-corrected chi connectivity index (χ0v) is 9.92. The van der Waals surface area contributed by atoms with Crippen LogP contribution in [0.1, 0.15) is 18.5 Å². The van der Waals surface area contributed by atoms with E-state index in [1.54, 1.807) is 18.7 Å². The lowest BCUT2D eigenvalue weighted by Gasteiger charge is -2.15. The minimum atomic E-state index is -0.234. The van der Waals surface area contributed by atoms with Gasteiger partial charge in [0.05, 0.1) is 17.9 Å². The maximum absolute atomic E-state index is 14.1. The smallest absolute Gasteiger partial charge is 0.130 e. The standard InChI is InChI=1S/C14H12FN3/c1-10(18-6-5-16-9-18)12-7-11-3-2-4-17-14(11)8-13(12)15/h2-10H,1H3. The molecule has 2 aromatic heterocycles. The van der Waals surface area contributed by atoms with Gasteiger partial charge in [0, 0.05) is 35.6 Å². The highest BCUT2D eigenvalue weighted by molar-refractivity contribution is 5.79. The van der Waals surface area contributed by atoms with Gasteiger partial charge in [-0.05, 0) is 19.1 Å². The summed E-state index contributed by atoms with van der Waals surface area (Å²) in [5.41, 5.74) is 1.32. The second-order valence-electron chi connectivity index (χ2n) is 4.26. The number of aromatic nitrogens is 3. The van der Waals surface area contributed by atoms with E-state index >= 15 is 0 Å². The number of hydrogen-bond acceptors (Lipinski definition) is 2. The van der Waals surface area contributed by atoms with Gasteiger partial charge in [-0.3, -0.25) is 4.98 Å². The van der Waals surface area contributed by atoms with Crippen LogP contribution in [-0.2, 0) is 0 Å². The van der Waals surface area contributed by atoms with Gasteiger partial charge in [-0.15, -0.1) is 0 Å². The van der Waals surface area contributed by atoms with Crippen LogP contribution >= 0.6 is 0 Å². The summed E-state index contributed by atoms with van der Waals surface area (Å²) in [6.45, 7) is 1.95. The Kier molecular flexibility index (Phi) is 2.55. The van der Waals surface area contributed by atoms with Crippen LogP contribution in [-0.4, -0.2) is 14.5 Å². The van der Waals surface area contributed by atoms with Gasteiger partial charge >= 0.3 is 0 Å². The van der Waals surface area contributed by atoms with Crippen LogP contribution in [0.4, 0.5) is 4.39 Å². The third kappa shape index (κ3) is 1.76. The van der Waals surface area contributed by atoms with Crippen molar-refractivity contribution in [1.82, 2.24) is 14.5 Å². The molecular weight excluding hydrogens is 229 g/mol. The lowest BCUT2D eigenvalue weighted by Crippen LogP contribution is -2.06. The van der Waals surface area contributed by atoms with Crippen LogP contribution in [0.15, 0.2) is 49.2 Å². The summed E-state index contributed by atoms with van der Waals surface area (Å²) in [7, 11) is 0. The Morgan fingerprint density at radius 1 is 1.28 bits per heavy atom. The van der Waals surface area contributed by atoms with Crippen molar-refractivity contribution in [3.63, 3.8) is 0 Å². The molecule has 0 amide bonds. The Morgan fingerprint density at radius 3 is 2.94 bits per heavy atom. The summed E-state index contributed by atoms with van der Waals surface area (Å²) in [5, 5.41) is 0.945. The molecule has 0 radical (unpaired) electrons. The average Bonchev–Trinajstić information content (AvgIpc) is 2.91. The van der Waals surface area contributed by atoms with Crippen molar-refractivity contribution in [2.45, 2.75) is 13.0 Å². The van der Waals surface area contributed by atoms with Crippen LogP contribution < -0.4 is 0 Å². The number of fused-ring (bicyclic) bond motifs is 1. The van der Waals surface area contributed by atoms with Crippen molar-refractivity contribution >= 4 is 10.9 Å². The van der Waals surface area contributed by atoms with E-state index in [-0.39, 0.29) is 11.9 Å². The third-order valence-corrected chi connectivity index (χ3v) is 3.14. The maximum Gasteiger partial charge on any atom is 0.130 e. The van der Waals surface area contributed by atoms with Gasteiger partial charge in [0.2, 0.25) is 0 Å². The van der Waals surface area contributed by atoms with Crippen molar-refractivity contribution in [1.29, 1.82) is 0 Å². The van der Waals surface area contributed by atoms with Crippen molar-refractivity contribution in [2.75, 3.05) is 0 Å². The number of nitrogens with zero attached hydrogens (tertiary/aromatic N) is 3. The van der Waals surface area contributed by atoms with Gasteiger partial charge in [-0.1, -0.05) is 6.07 Å². The molecule has 1 atom stereocenters. The van der Waals surface area contributed by atoms with E-state index in [1.807, 2.05) is 35.9 Å². The first kappa shape index (κ1) is 10.9. The topological polar surface area (TPSA) is 30.7 Å². The molecule has 1 unspecified atom stereocenters. The summed E-state index contributed by atoms with van der Waals surface area (Å²) >= 11 is 0. The molecule has 3 aromatic rings. The molecule has 0 N–H and O–H groups in total. The zero-order chi connectivity index (χ0) is 12.5. The normalized spacial score (nSPS) is 12.8. The molecule has 0 bridgehead atoms. The van der Waals surface area contributed by atoms with Crippen molar-refractivity contribution in [3.8, 4) is 0 Å². The number of rotatable bonds is 2. The van der Waals surface area contributed by atoms with E-state index in [1.165, 1.54) is 6.07 Å². The first-order valence-electron chi connectivity index (χ1n) is 5.77. The molecular formula is C14H12FN3. The van der Waals surface area contributed by atoms with Gasteiger partial charge in [0.1, 0.15) is 5.82 Å². The van der Waals surface area contributed by atoms with Gasteiger partial charge in [-0.2, -0.15) is 0 Å². The quantitative estimate of drug-likeness (QED) is 0.690. The SMILES string of the molecule is CC(c1cc2cccnc2cc1F)n1ccnc1. The zero-order valence-electron chi connectivity index (χ0n) is 9.92. The highest BCUT2D eigenvalue weighted by Gasteiger charge is 2.13. The first-order chi connectivity index (χ1) is 8.75. The third-order valence-electron chi connectivity index (χ3n) is 3.14. The molecule has 0 saturated heterocycles. The van der Waals surface area contributed by atoms with Crippen LogP contribution in [0.5, 0.6) is 0 Å². The lowest BCUT2D eigenvalue weighted by atomic mass is 10.0. The number of pyridine rings is 1. The summed E-state index contributed by atoms with van der Waals surface area (Å²) in [4.78, 5) is 8.13. The van der Waals surface area contributed by atoms with E-state index in [9.17, 15) is 4.39 Å². The van der Waals surface area contributed by atoms with Crippen LogP contribution in [0.2, 0.25) is 0 Å². The summed E-state index contributed by atoms with van der Waals surface area (Å²) < 4.78 is 16.0. The van der Waals surface area contributed by atoms with E-state index in [2.05, 4.69) is 9.97 Å². The fourth-order valence-electron chi connectivity index (χ4n) is 2.09. The molecule has 0 saturated carbocycles. The Balaban J connectivity index is 2.14. The predicted octanol–water partition coefficient (Wildman–Crippen LogP) is 3.18. The van der Waals surface area contributed by atoms with E-state index in [0.717, 1.165) is 5.39 Å². The number of imidazole rings is 1. The van der Waals surface area contributed by atoms with Crippen LogP contribution in [0.3, 0.4) is 0 Å². The molecule has 0 aliphatic rings. The van der Waals surface area contributed by atoms with Crippen LogP contribution in [0.25, 0.3) is 10.9 Å². The molecule has 0 fully saturated rings. The first-order valence-corrected chi connectivity index (χ1v) is 5.77. The van der Waals surface area contributed by atoms with Gasteiger partial charge < -0.3 is 4.57 Å². The number of benzene rings is 1. The summed E-state index contributed by atoms with van der Waals surface area (Å²) in [6, 6.07) is 7.04. The van der Waals surface area contributed by atoms with Crippen LogP contribution in [0, 0.1) is 5.82 Å². The highest BCUT2D eigenvalue weighted by atomic mass is 19.1. The minimum Gasteiger partial charge on any atom is -0.330 e. The molecule has 3 nitrogen and oxygen atoms in total. The molecule has 0 aliphatic heterocycles. The molecule has 3 rings (SSSR count). The lowest BCUT2D eigenvalue weighted by molar-refractivity contribution is 0.558. The largest absolute Gasteiger partial charge is 0.330 e. The van der Waals surface area contributed by atoms with Crippen molar-refractivity contribution < 1.29 is 4.39 Å². The molecule has 1 aromatic carbocycles. The van der Waals surface area contributed by atoms with Gasteiger partial charge in [0.15, 0.2) is 0 Å². The Bertz CT molecular complexity index is 677. The predicted molar refractivity (Wildman–Crippen MR) is 67.7 cm³/mol. The monoisotopic (exact) mass is 241 g/mol. The molecule has 0 aliphatic carbocycles. The number of hydrogen-bond donors (Lipinski definition) is 0. The molecule has 90 valence electrons. The fraction of sp³-hybridized carbons (Fsp3) is 0.143. The number of halogens is 1. The summed E-state index contributed by atoms with van der Waals surface area (Å²) in [5.74, 6) is -0.234. The van der Waals surface area contributed by atoms with Gasteiger partial charge in [-0.25, -0.2) is 9.37 Å². The second-order valence-corrected chi connectivity index (χ2v) is 4.26. The molecule has 0 spiro atoms. The second kappa shape index (κ2) is 4.22. The average molecular weight is 241 g/mol. The maximum atomic E-state index is 14.1. The highest BCUT2D eigenvalue weighted by Crippen LogP contribution is 2.25. The van der Waals surface area contributed by atoms with Crippen molar-refractivity contribution in [3.05, 3.63) is 60.6 Å². The fourth-order valence-corrected chi connectivity index (χ4v) is 2.09.